The van der Waals surface area contributed by atoms with Crippen molar-refractivity contribution in [3.63, 3.8) is 0 Å². The molecule has 1 amide bonds. The Morgan fingerprint density at radius 2 is 1.60 bits per heavy atom. The van der Waals surface area contributed by atoms with Crippen molar-refractivity contribution in [1.29, 1.82) is 0 Å². The van der Waals surface area contributed by atoms with Gasteiger partial charge >= 0.3 is 0 Å². The van der Waals surface area contributed by atoms with Gasteiger partial charge in [0.05, 0.1) is 5.52 Å². The van der Waals surface area contributed by atoms with Crippen molar-refractivity contribution in [2.75, 3.05) is 6.54 Å². The van der Waals surface area contributed by atoms with Crippen molar-refractivity contribution < 1.29 is 9.53 Å². The molecular formula is C36H36N2O2. The number of amides is 1. The molecule has 4 nitrogen and oxygen atoms in total. The quantitative estimate of drug-likeness (QED) is 0.204. The highest BCUT2D eigenvalue weighted by Gasteiger charge is 2.28. The zero-order valence-corrected chi connectivity index (χ0v) is 23.3. The number of rotatable bonds is 8. The summed E-state index contributed by atoms with van der Waals surface area (Å²) in [5, 5.41) is 1.23. The van der Waals surface area contributed by atoms with Crippen molar-refractivity contribution >= 4 is 16.8 Å². The van der Waals surface area contributed by atoms with Crippen LogP contribution in [-0.4, -0.2) is 21.9 Å². The zero-order chi connectivity index (χ0) is 27.5. The van der Waals surface area contributed by atoms with Gasteiger partial charge in [0.15, 0.2) is 0 Å². The van der Waals surface area contributed by atoms with Crippen LogP contribution in [0.1, 0.15) is 54.0 Å². The molecule has 0 saturated heterocycles. The summed E-state index contributed by atoms with van der Waals surface area (Å²) in [6.45, 7) is 6.72. The molecule has 4 heteroatoms. The minimum absolute atomic E-state index is 0.0913. The predicted octanol–water partition coefficient (Wildman–Crippen LogP) is 8.12. The van der Waals surface area contributed by atoms with E-state index in [1.165, 1.54) is 33.2 Å². The molecule has 0 fully saturated rings. The van der Waals surface area contributed by atoms with E-state index in [4.69, 9.17) is 4.74 Å². The number of carbonyl (C=O) groups excluding carboxylic acids is 1. The Kier molecular flexibility index (Phi) is 7.41. The molecule has 2 heterocycles. The summed E-state index contributed by atoms with van der Waals surface area (Å²) in [4.78, 5) is 16.0. The molecule has 40 heavy (non-hydrogen) atoms. The molecule has 0 aliphatic carbocycles. The Hall–Kier alpha value is -4.31. The third kappa shape index (κ3) is 5.14. The SMILES string of the molecule is CCc1cccc2c(C(CC(=O)N3CCc4ccccc4C3)c3cccc(Oc4ccccc4)c3)cn(CC)c12. The van der Waals surface area contributed by atoms with Crippen LogP contribution < -0.4 is 4.74 Å². The fourth-order valence-corrected chi connectivity index (χ4v) is 6.12. The van der Waals surface area contributed by atoms with Crippen LogP contribution in [0.3, 0.4) is 0 Å². The largest absolute Gasteiger partial charge is 0.457 e. The number of para-hydroxylation sites is 2. The van der Waals surface area contributed by atoms with Gasteiger partial charge < -0.3 is 14.2 Å². The summed E-state index contributed by atoms with van der Waals surface area (Å²) in [5.41, 5.74) is 7.53. The van der Waals surface area contributed by atoms with Gasteiger partial charge in [-0.25, -0.2) is 0 Å². The van der Waals surface area contributed by atoms with Crippen LogP contribution >= 0.6 is 0 Å². The van der Waals surface area contributed by atoms with Gasteiger partial charge in [0.25, 0.3) is 0 Å². The predicted molar refractivity (Wildman–Crippen MR) is 162 cm³/mol. The third-order valence-corrected chi connectivity index (χ3v) is 8.21. The number of ether oxygens (including phenoxy) is 1. The second-order valence-electron chi connectivity index (χ2n) is 10.6. The van der Waals surface area contributed by atoms with E-state index in [0.717, 1.165) is 43.0 Å². The summed E-state index contributed by atoms with van der Waals surface area (Å²) in [6, 6.07) is 33.2. The molecule has 1 aliphatic heterocycles. The first-order chi connectivity index (χ1) is 19.6. The molecule has 1 aliphatic rings. The second kappa shape index (κ2) is 11.4. The first-order valence-corrected chi connectivity index (χ1v) is 14.4. The zero-order valence-electron chi connectivity index (χ0n) is 23.3. The molecule has 1 unspecified atom stereocenters. The van der Waals surface area contributed by atoms with Crippen LogP contribution in [0.5, 0.6) is 11.5 Å². The summed E-state index contributed by atoms with van der Waals surface area (Å²) in [6.07, 6.45) is 4.56. The summed E-state index contributed by atoms with van der Waals surface area (Å²) in [7, 11) is 0. The maximum atomic E-state index is 14.0. The molecule has 202 valence electrons. The first-order valence-electron chi connectivity index (χ1n) is 14.4. The van der Waals surface area contributed by atoms with E-state index in [2.05, 4.69) is 79.2 Å². The van der Waals surface area contributed by atoms with E-state index in [0.29, 0.717) is 13.0 Å². The van der Waals surface area contributed by atoms with E-state index in [-0.39, 0.29) is 11.8 Å². The van der Waals surface area contributed by atoms with Gasteiger partial charge in [-0.15, -0.1) is 0 Å². The summed E-state index contributed by atoms with van der Waals surface area (Å²) in [5.74, 6) is 1.68. The van der Waals surface area contributed by atoms with Gasteiger partial charge in [-0.1, -0.05) is 79.7 Å². The molecule has 1 atom stereocenters. The lowest BCUT2D eigenvalue weighted by Gasteiger charge is -2.30. The Morgan fingerprint density at radius 3 is 2.40 bits per heavy atom. The highest BCUT2D eigenvalue weighted by molar-refractivity contribution is 5.89. The first kappa shape index (κ1) is 25.9. The Labute approximate surface area is 236 Å². The lowest BCUT2D eigenvalue weighted by Crippen LogP contribution is -2.36. The molecule has 4 aromatic carbocycles. The maximum Gasteiger partial charge on any atom is 0.223 e. The molecule has 0 bridgehead atoms. The van der Waals surface area contributed by atoms with Gasteiger partial charge in [-0.2, -0.15) is 0 Å². The standard InChI is InChI=1S/C36H36N2O2/c1-3-26-14-11-19-32-34(25-37(4-2)36(26)32)33(23-35(39)38-21-20-27-12-8-9-13-29(27)24-38)28-15-10-18-31(22-28)40-30-16-6-5-7-17-30/h5-19,22,25,33H,3-4,20-21,23-24H2,1-2H3. The number of carbonyl (C=O) groups is 1. The Morgan fingerprint density at radius 1 is 0.850 bits per heavy atom. The number of benzene rings is 4. The van der Waals surface area contributed by atoms with Crippen molar-refractivity contribution in [2.45, 2.75) is 52.1 Å². The van der Waals surface area contributed by atoms with Crippen molar-refractivity contribution in [2.24, 2.45) is 0 Å². The van der Waals surface area contributed by atoms with Crippen LogP contribution in [-0.2, 0) is 30.7 Å². The maximum absolute atomic E-state index is 14.0. The molecule has 0 radical (unpaired) electrons. The van der Waals surface area contributed by atoms with Crippen molar-refractivity contribution in [3.8, 4) is 11.5 Å². The molecule has 0 N–H and O–H groups in total. The van der Waals surface area contributed by atoms with Crippen molar-refractivity contribution in [3.05, 3.63) is 131 Å². The molecule has 1 aromatic heterocycles. The monoisotopic (exact) mass is 528 g/mol. The van der Waals surface area contributed by atoms with Crippen LogP contribution in [0.25, 0.3) is 10.9 Å². The third-order valence-electron chi connectivity index (χ3n) is 8.21. The lowest BCUT2D eigenvalue weighted by molar-refractivity contribution is -0.132. The number of aryl methyl sites for hydroxylation is 2. The number of hydrogen-bond donors (Lipinski definition) is 0. The minimum atomic E-state index is -0.0913. The van der Waals surface area contributed by atoms with Gasteiger partial charge in [-0.3, -0.25) is 4.79 Å². The van der Waals surface area contributed by atoms with E-state index in [1.54, 1.807) is 0 Å². The Bertz CT molecular complexity index is 1640. The molecule has 6 rings (SSSR count). The minimum Gasteiger partial charge on any atom is -0.457 e. The smallest absolute Gasteiger partial charge is 0.223 e. The van der Waals surface area contributed by atoms with Gasteiger partial charge in [0.2, 0.25) is 5.91 Å². The summed E-state index contributed by atoms with van der Waals surface area (Å²) >= 11 is 0. The topological polar surface area (TPSA) is 34.5 Å². The lowest BCUT2D eigenvalue weighted by atomic mass is 9.87. The fourth-order valence-electron chi connectivity index (χ4n) is 6.12. The fraction of sp³-hybridized carbons (Fsp3) is 0.250. The number of aromatic nitrogens is 1. The normalized spacial score (nSPS) is 13.7. The van der Waals surface area contributed by atoms with E-state index in [9.17, 15) is 4.79 Å². The molecule has 5 aromatic rings. The highest BCUT2D eigenvalue weighted by atomic mass is 16.5. The average Bonchev–Trinajstić information content (AvgIpc) is 3.39. The molecular weight excluding hydrogens is 492 g/mol. The second-order valence-corrected chi connectivity index (χ2v) is 10.6. The van der Waals surface area contributed by atoms with Gasteiger partial charge in [-0.05, 0) is 71.8 Å². The molecule has 0 saturated carbocycles. The Balaban J connectivity index is 1.40. The number of nitrogens with zero attached hydrogens (tertiary/aromatic N) is 2. The number of fused-ring (bicyclic) bond motifs is 2. The van der Waals surface area contributed by atoms with E-state index < -0.39 is 0 Å². The van der Waals surface area contributed by atoms with Gasteiger partial charge in [0, 0.05) is 43.6 Å². The molecule has 0 spiro atoms. The van der Waals surface area contributed by atoms with E-state index >= 15 is 0 Å². The van der Waals surface area contributed by atoms with Crippen LogP contribution in [0.15, 0.2) is 103 Å². The van der Waals surface area contributed by atoms with Crippen molar-refractivity contribution in [1.82, 2.24) is 9.47 Å². The van der Waals surface area contributed by atoms with Gasteiger partial charge in [0.1, 0.15) is 11.5 Å². The van der Waals surface area contributed by atoms with Crippen LogP contribution in [0.4, 0.5) is 0 Å². The summed E-state index contributed by atoms with van der Waals surface area (Å²) < 4.78 is 8.56. The van der Waals surface area contributed by atoms with Crippen LogP contribution in [0, 0.1) is 0 Å². The number of hydrogen-bond acceptors (Lipinski definition) is 2. The van der Waals surface area contributed by atoms with Crippen LogP contribution in [0.2, 0.25) is 0 Å². The highest BCUT2D eigenvalue weighted by Crippen LogP contribution is 2.38. The average molecular weight is 529 g/mol. The van der Waals surface area contributed by atoms with E-state index in [1.807, 2.05) is 47.4 Å².